The van der Waals surface area contributed by atoms with Crippen LogP contribution >= 0.6 is 0 Å². The predicted octanol–water partition coefficient (Wildman–Crippen LogP) is 0.690. The summed E-state index contributed by atoms with van der Waals surface area (Å²) in [5.74, 6) is -1.15. The van der Waals surface area contributed by atoms with Crippen LogP contribution in [0.2, 0.25) is 0 Å². The number of rotatable bonds is 7. The molecular formula is C14H19FN2O3. The maximum Gasteiger partial charge on any atom is 0.251 e. The van der Waals surface area contributed by atoms with Crippen molar-refractivity contribution in [2.24, 2.45) is 5.92 Å². The van der Waals surface area contributed by atoms with Crippen LogP contribution in [-0.4, -0.2) is 36.6 Å². The Bertz CT molecular complexity index is 465. The molecule has 1 aromatic rings. The summed E-state index contributed by atoms with van der Waals surface area (Å²) in [4.78, 5) is 23.1. The van der Waals surface area contributed by atoms with E-state index in [1.54, 1.807) is 0 Å². The molecule has 1 unspecified atom stereocenters. The molecule has 0 bridgehead atoms. The predicted molar refractivity (Wildman–Crippen MR) is 72.6 cm³/mol. The smallest absolute Gasteiger partial charge is 0.251 e. The lowest BCUT2D eigenvalue weighted by molar-refractivity contribution is -0.120. The molecule has 1 aromatic carbocycles. The molecule has 0 saturated carbocycles. The van der Waals surface area contributed by atoms with Crippen LogP contribution in [0, 0.1) is 11.7 Å². The molecule has 1 atom stereocenters. The zero-order valence-corrected chi connectivity index (χ0v) is 11.4. The topological polar surface area (TPSA) is 78.4 Å². The first-order valence-corrected chi connectivity index (χ1v) is 6.44. The normalized spacial score (nSPS) is 11.8. The summed E-state index contributed by atoms with van der Waals surface area (Å²) in [5.41, 5.74) is 0.173. The number of benzene rings is 1. The van der Waals surface area contributed by atoms with Crippen LogP contribution in [0.15, 0.2) is 24.3 Å². The van der Waals surface area contributed by atoms with Gasteiger partial charge in [-0.1, -0.05) is 13.0 Å². The van der Waals surface area contributed by atoms with Crippen molar-refractivity contribution in [2.75, 3.05) is 19.7 Å². The number of aliphatic hydroxyl groups is 1. The van der Waals surface area contributed by atoms with Gasteiger partial charge in [0.05, 0.1) is 6.54 Å². The summed E-state index contributed by atoms with van der Waals surface area (Å²) in [7, 11) is 0. The highest BCUT2D eigenvalue weighted by Gasteiger charge is 2.09. The third kappa shape index (κ3) is 5.79. The first kappa shape index (κ1) is 16.1. The van der Waals surface area contributed by atoms with Crippen molar-refractivity contribution < 1.29 is 19.1 Å². The SMILES string of the molecule is CC(CCO)CNC(=O)CNC(=O)c1cccc(F)c1. The van der Waals surface area contributed by atoms with Gasteiger partial charge < -0.3 is 15.7 Å². The van der Waals surface area contributed by atoms with Gasteiger partial charge in [0, 0.05) is 18.7 Å². The zero-order valence-electron chi connectivity index (χ0n) is 11.4. The number of amides is 2. The molecule has 0 fully saturated rings. The summed E-state index contributed by atoms with van der Waals surface area (Å²) >= 11 is 0. The van der Waals surface area contributed by atoms with Crippen LogP contribution in [0.3, 0.4) is 0 Å². The van der Waals surface area contributed by atoms with Gasteiger partial charge >= 0.3 is 0 Å². The van der Waals surface area contributed by atoms with Crippen LogP contribution in [-0.2, 0) is 4.79 Å². The largest absolute Gasteiger partial charge is 0.396 e. The summed E-state index contributed by atoms with van der Waals surface area (Å²) in [6.07, 6.45) is 0.607. The molecule has 3 N–H and O–H groups in total. The molecule has 6 heteroatoms. The molecule has 0 saturated heterocycles. The first-order valence-electron chi connectivity index (χ1n) is 6.44. The number of halogens is 1. The van der Waals surface area contributed by atoms with E-state index in [1.807, 2.05) is 6.92 Å². The molecule has 0 aliphatic carbocycles. The molecule has 0 spiro atoms. The summed E-state index contributed by atoms with van der Waals surface area (Å²) in [5, 5.41) is 13.8. The number of hydrogen-bond donors (Lipinski definition) is 3. The van der Waals surface area contributed by atoms with Crippen molar-refractivity contribution in [3.8, 4) is 0 Å². The molecule has 1 rings (SSSR count). The number of hydrogen-bond acceptors (Lipinski definition) is 3. The molecule has 2 amide bonds. The van der Waals surface area contributed by atoms with Gasteiger partial charge in [-0.15, -0.1) is 0 Å². The van der Waals surface area contributed by atoms with E-state index in [0.717, 1.165) is 6.07 Å². The minimum Gasteiger partial charge on any atom is -0.396 e. The van der Waals surface area contributed by atoms with Gasteiger partial charge in [-0.2, -0.15) is 0 Å². The molecule has 0 heterocycles. The van der Waals surface area contributed by atoms with Gasteiger partial charge in [0.1, 0.15) is 5.82 Å². The molecule has 0 aliphatic rings. The average molecular weight is 282 g/mol. The standard InChI is InChI=1S/C14H19FN2O3/c1-10(5-6-18)8-16-13(19)9-17-14(20)11-3-2-4-12(15)7-11/h2-4,7,10,18H,5-6,8-9H2,1H3,(H,16,19)(H,17,20). The second kappa shape index (κ2) is 8.27. The zero-order chi connectivity index (χ0) is 15.0. The number of aliphatic hydroxyl groups excluding tert-OH is 1. The van der Waals surface area contributed by atoms with Gasteiger partial charge in [0.25, 0.3) is 5.91 Å². The highest BCUT2D eigenvalue weighted by atomic mass is 19.1. The maximum absolute atomic E-state index is 12.9. The van der Waals surface area contributed by atoms with E-state index >= 15 is 0 Å². The second-order valence-electron chi connectivity index (χ2n) is 4.61. The van der Waals surface area contributed by atoms with E-state index in [-0.39, 0.29) is 30.5 Å². The fourth-order valence-electron chi connectivity index (χ4n) is 1.57. The fraction of sp³-hybridized carbons (Fsp3) is 0.429. The van der Waals surface area contributed by atoms with Gasteiger partial charge in [-0.05, 0) is 30.5 Å². The van der Waals surface area contributed by atoms with Crippen molar-refractivity contribution in [3.05, 3.63) is 35.6 Å². The van der Waals surface area contributed by atoms with E-state index in [2.05, 4.69) is 10.6 Å². The van der Waals surface area contributed by atoms with Crippen LogP contribution in [0.4, 0.5) is 4.39 Å². The Hall–Kier alpha value is -1.95. The van der Waals surface area contributed by atoms with Gasteiger partial charge in [-0.3, -0.25) is 9.59 Å². The van der Waals surface area contributed by atoms with Crippen molar-refractivity contribution in [1.82, 2.24) is 10.6 Å². The maximum atomic E-state index is 12.9. The molecule has 0 aliphatic heterocycles. The Morgan fingerprint density at radius 2 is 2.10 bits per heavy atom. The monoisotopic (exact) mass is 282 g/mol. The van der Waals surface area contributed by atoms with Gasteiger partial charge in [0.2, 0.25) is 5.91 Å². The number of carbonyl (C=O) groups is 2. The molecular weight excluding hydrogens is 263 g/mol. The average Bonchev–Trinajstić information content (AvgIpc) is 2.43. The third-order valence-electron chi connectivity index (χ3n) is 2.77. The minimum atomic E-state index is -0.500. The van der Waals surface area contributed by atoms with Gasteiger partial charge in [0.15, 0.2) is 0 Å². The molecule has 5 nitrogen and oxygen atoms in total. The molecule has 0 radical (unpaired) electrons. The van der Waals surface area contributed by atoms with E-state index in [4.69, 9.17) is 5.11 Å². The van der Waals surface area contributed by atoms with E-state index in [9.17, 15) is 14.0 Å². The van der Waals surface area contributed by atoms with Crippen molar-refractivity contribution in [2.45, 2.75) is 13.3 Å². The Morgan fingerprint density at radius 3 is 2.75 bits per heavy atom. The Morgan fingerprint density at radius 1 is 1.35 bits per heavy atom. The lowest BCUT2D eigenvalue weighted by Gasteiger charge is -2.11. The van der Waals surface area contributed by atoms with E-state index in [1.165, 1.54) is 18.2 Å². The Kier molecular flexibility index (Phi) is 6.66. The summed E-state index contributed by atoms with van der Waals surface area (Å²) < 4.78 is 12.9. The van der Waals surface area contributed by atoms with E-state index < -0.39 is 11.7 Å². The lowest BCUT2D eigenvalue weighted by atomic mass is 10.1. The summed E-state index contributed by atoms with van der Waals surface area (Å²) in [6, 6.07) is 5.25. The van der Waals surface area contributed by atoms with E-state index in [0.29, 0.717) is 13.0 Å². The Labute approximate surface area is 117 Å². The van der Waals surface area contributed by atoms with Crippen molar-refractivity contribution in [1.29, 1.82) is 0 Å². The van der Waals surface area contributed by atoms with Crippen LogP contribution in [0.1, 0.15) is 23.7 Å². The first-order chi connectivity index (χ1) is 9.52. The highest BCUT2D eigenvalue weighted by Crippen LogP contribution is 2.02. The van der Waals surface area contributed by atoms with Gasteiger partial charge in [-0.25, -0.2) is 4.39 Å². The van der Waals surface area contributed by atoms with Crippen molar-refractivity contribution >= 4 is 11.8 Å². The third-order valence-corrected chi connectivity index (χ3v) is 2.77. The van der Waals surface area contributed by atoms with Crippen LogP contribution in [0.5, 0.6) is 0 Å². The van der Waals surface area contributed by atoms with Crippen LogP contribution in [0.25, 0.3) is 0 Å². The molecule has 110 valence electrons. The quantitative estimate of drug-likeness (QED) is 0.688. The second-order valence-corrected chi connectivity index (χ2v) is 4.61. The van der Waals surface area contributed by atoms with Crippen LogP contribution < -0.4 is 10.6 Å². The number of carbonyl (C=O) groups excluding carboxylic acids is 2. The molecule has 20 heavy (non-hydrogen) atoms. The van der Waals surface area contributed by atoms with Crippen molar-refractivity contribution in [3.63, 3.8) is 0 Å². The fourth-order valence-corrected chi connectivity index (χ4v) is 1.57. The lowest BCUT2D eigenvalue weighted by Crippen LogP contribution is -2.38. The Balaban J connectivity index is 2.32. The highest BCUT2D eigenvalue weighted by molar-refractivity contribution is 5.96. The molecule has 0 aromatic heterocycles. The minimum absolute atomic E-state index is 0.0767. The summed E-state index contributed by atoms with van der Waals surface area (Å²) in [6.45, 7) is 2.26. The number of nitrogens with one attached hydrogen (secondary N) is 2.